The standard InChI is InChI=1S/C11H7F6N3O/c12-10(13,14)5-19-9(21)20-8-2-1-7(11(15,16)17)3-6(8)4-18/h1-3H,5H2,(H2,19,20,21). The van der Waals surface area contributed by atoms with E-state index in [1.165, 1.54) is 11.4 Å². The molecule has 0 spiro atoms. The summed E-state index contributed by atoms with van der Waals surface area (Å²) < 4.78 is 72.8. The Morgan fingerprint density at radius 2 is 1.81 bits per heavy atom. The summed E-state index contributed by atoms with van der Waals surface area (Å²) in [6, 6.07) is 2.00. The Balaban J connectivity index is 2.85. The summed E-state index contributed by atoms with van der Waals surface area (Å²) in [4.78, 5) is 11.2. The van der Waals surface area contributed by atoms with Crippen LogP contribution in [0.1, 0.15) is 11.1 Å². The van der Waals surface area contributed by atoms with E-state index in [2.05, 4.69) is 0 Å². The number of amides is 2. The number of carbonyl (C=O) groups excluding carboxylic acids is 1. The van der Waals surface area contributed by atoms with Gasteiger partial charge in [-0.3, -0.25) is 0 Å². The monoisotopic (exact) mass is 311 g/mol. The fraction of sp³-hybridized carbons (Fsp3) is 0.273. The number of benzene rings is 1. The number of anilines is 1. The molecule has 21 heavy (non-hydrogen) atoms. The normalized spacial score (nSPS) is 11.7. The van der Waals surface area contributed by atoms with E-state index in [1.807, 2.05) is 5.32 Å². The van der Waals surface area contributed by atoms with Crippen LogP contribution in [0.5, 0.6) is 0 Å². The van der Waals surface area contributed by atoms with Gasteiger partial charge in [0.2, 0.25) is 0 Å². The number of nitrogens with one attached hydrogen (secondary N) is 2. The van der Waals surface area contributed by atoms with Crippen LogP contribution >= 0.6 is 0 Å². The third-order valence-electron chi connectivity index (χ3n) is 2.16. The first kappa shape index (κ1) is 16.6. The van der Waals surface area contributed by atoms with Gasteiger partial charge in [0.25, 0.3) is 0 Å². The second-order valence-corrected chi connectivity index (χ2v) is 3.79. The van der Waals surface area contributed by atoms with Crippen molar-refractivity contribution in [3.63, 3.8) is 0 Å². The topological polar surface area (TPSA) is 64.9 Å². The van der Waals surface area contributed by atoms with Gasteiger partial charge in [0.15, 0.2) is 0 Å². The van der Waals surface area contributed by atoms with Crippen LogP contribution in [0.4, 0.5) is 36.8 Å². The van der Waals surface area contributed by atoms with E-state index in [0.29, 0.717) is 12.1 Å². The molecule has 1 rings (SSSR count). The number of nitrogens with zero attached hydrogens (tertiary/aromatic N) is 1. The minimum Gasteiger partial charge on any atom is -0.329 e. The summed E-state index contributed by atoms with van der Waals surface area (Å²) in [5.74, 6) is 0. The number of urea groups is 1. The molecule has 114 valence electrons. The third-order valence-corrected chi connectivity index (χ3v) is 2.16. The van der Waals surface area contributed by atoms with E-state index < -0.39 is 36.1 Å². The van der Waals surface area contributed by atoms with E-state index in [0.717, 1.165) is 6.07 Å². The van der Waals surface area contributed by atoms with Crippen LogP contribution in [0.25, 0.3) is 0 Å². The van der Waals surface area contributed by atoms with Gasteiger partial charge in [0.05, 0.1) is 16.8 Å². The highest BCUT2D eigenvalue weighted by Gasteiger charge is 2.31. The molecule has 1 aromatic carbocycles. The summed E-state index contributed by atoms with van der Waals surface area (Å²) in [5, 5.41) is 12.0. The van der Waals surface area contributed by atoms with E-state index in [4.69, 9.17) is 5.26 Å². The lowest BCUT2D eigenvalue weighted by Gasteiger charge is -2.12. The van der Waals surface area contributed by atoms with Gasteiger partial charge in [-0.25, -0.2) is 4.79 Å². The molecule has 0 atom stereocenters. The quantitative estimate of drug-likeness (QED) is 0.823. The lowest BCUT2D eigenvalue weighted by molar-refractivity contribution is -0.137. The van der Waals surface area contributed by atoms with Crippen molar-refractivity contribution in [3.8, 4) is 6.07 Å². The molecule has 1 aromatic rings. The van der Waals surface area contributed by atoms with Gasteiger partial charge in [-0.2, -0.15) is 31.6 Å². The molecule has 0 fully saturated rings. The van der Waals surface area contributed by atoms with Crippen LogP contribution in [0, 0.1) is 11.3 Å². The van der Waals surface area contributed by atoms with E-state index in [-0.39, 0.29) is 5.69 Å². The Bertz CT molecular complexity index is 573. The van der Waals surface area contributed by atoms with Gasteiger partial charge in [-0.15, -0.1) is 0 Å². The predicted octanol–water partition coefficient (Wildman–Crippen LogP) is 3.26. The van der Waals surface area contributed by atoms with Crippen LogP contribution in [0.15, 0.2) is 18.2 Å². The van der Waals surface area contributed by atoms with Crippen molar-refractivity contribution >= 4 is 11.7 Å². The molecule has 2 amide bonds. The molecule has 0 saturated heterocycles. The molecule has 4 nitrogen and oxygen atoms in total. The first-order valence-corrected chi connectivity index (χ1v) is 5.26. The molecule has 0 unspecified atom stereocenters. The van der Waals surface area contributed by atoms with Crippen molar-refractivity contribution in [2.75, 3.05) is 11.9 Å². The first-order valence-electron chi connectivity index (χ1n) is 5.26. The Hall–Kier alpha value is -2.44. The molecule has 0 aromatic heterocycles. The van der Waals surface area contributed by atoms with Gasteiger partial charge < -0.3 is 10.6 Å². The summed E-state index contributed by atoms with van der Waals surface area (Å²) in [5.41, 5.74) is -1.96. The second kappa shape index (κ2) is 5.90. The van der Waals surface area contributed by atoms with Crippen LogP contribution in [-0.4, -0.2) is 18.8 Å². The van der Waals surface area contributed by atoms with Gasteiger partial charge in [-0.05, 0) is 18.2 Å². The maximum atomic E-state index is 12.4. The van der Waals surface area contributed by atoms with Crippen molar-refractivity contribution in [2.24, 2.45) is 0 Å². The number of halogens is 6. The van der Waals surface area contributed by atoms with Gasteiger partial charge in [0.1, 0.15) is 12.6 Å². The molecular weight excluding hydrogens is 304 g/mol. The number of nitriles is 1. The highest BCUT2D eigenvalue weighted by atomic mass is 19.4. The molecule has 10 heteroatoms. The average molecular weight is 311 g/mol. The van der Waals surface area contributed by atoms with Crippen LogP contribution in [0.3, 0.4) is 0 Å². The largest absolute Gasteiger partial charge is 0.416 e. The minimum atomic E-state index is -4.68. The van der Waals surface area contributed by atoms with Crippen LogP contribution < -0.4 is 10.6 Å². The van der Waals surface area contributed by atoms with Crippen molar-refractivity contribution in [1.82, 2.24) is 5.32 Å². The van der Waals surface area contributed by atoms with Crippen LogP contribution in [-0.2, 0) is 6.18 Å². The van der Waals surface area contributed by atoms with Gasteiger partial charge in [0, 0.05) is 0 Å². The Kier molecular flexibility index (Phi) is 4.67. The molecule has 2 N–H and O–H groups in total. The highest BCUT2D eigenvalue weighted by molar-refractivity contribution is 5.90. The number of hydrogen-bond acceptors (Lipinski definition) is 2. The zero-order valence-electron chi connectivity index (χ0n) is 10.1. The summed E-state index contributed by atoms with van der Waals surface area (Å²) >= 11 is 0. The zero-order chi connectivity index (χ0) is 16.3. The van der Waals surface area contributed by atoms with E-state index in [9.17, 15) is 31.1 Å². The fourth-order valence-corrected chi connectivity index (χ4v) is 1.27. The third kappa shape index (κ3) is 5.21. The molecule has 0 aliphatic rings. The Labute approximate surface area is 114 Å². The van der Waals surface area contributed by atoms with Crippen molar-refractivity contribution < 1.29 is 31.1 Å². The van der Waals surface area contributed by atoms with Gasteiger partial charge >= 0.3 is 18.4 Å². The second-order valence-electron chi connectivity index (χ2n) is 3.79. The fourth-order valence-electron chi connectivity index (χ4n) is 1.27. The SMILES string of the molecule is N#Cc1cc(C(F)(F)F)ccc1NC(=O)NCC(F)(F)F. The molecule has 0 aliphatic carbocycles. The zero-order valence-corrected chi connectivity index (χ0v) is 10.1. The number of carbonyl (C=O) groups is 1. The summed E-state index contributed by atoms with van der Waals surface area (Å²) in [7, 11) is 0. The summed E-state index contributed by atoms with van der Waals surface area (Å²) in [6.07, 6.45) is -9.31. The lowest BCUT2D eigenvalue weighted by Crippen LogP contribution is -2.36. The van der Waals surface area contributed by atoms with E-state index in [1.54, 1.807) is 0 Å². The smallest absolute Gasteiger partial charge is 0.329 e. The highest BCUT2D eigenvalue weighted by Crippen LogP contribution is 2.31. The van der Waals surface area contributed by atoms with Crippen molar-refractivity contribution in [1.29, 1.82) is 5.26 Å². The molecule has 0 saturated carbocycles. The number of alkyl halides is 6. The maximum absolute atomic E-state index is 12.4. The maximum Gasteiger partial charge on any atom is 0.416 e. The molecule has 0 heterocycles. The van der Waals surface area contributed by atoms with Crippen molar-refractivity contribution in [3.05, 3.63) is 29.3 Å². The molecule has 0 aliphatic heterocycles. The predicted molar refractivity (Wildman–Crippen MR) is 59.2 cm³/mol. The average Bonchev–Trinajstić information content (AvgIpc) is 2.34. The van der Waals surface area contributed by atoms with Crippen LogP contribution in [0.2, 0.25) is 0 Å². The summed E-state index contributed by atoms with van der Waals surface area (Å²) in [6.45, 7) is -1.61. The molecule has 0 bridgehead atoms. The first-order chi connectivity index (χ1) is 9.53. The van der Waals surface area contributed by atoms with E-state index >= 15 is 0 Å². The number of rotatable bonds is 2. The lowest BCUT2D eigenvalue weighted by atomic mass is 10.1. The minimum absolute atomic E-state index is 0.329. The molecular formula is C11H7F6N3O. The molecule has 0 radical (unpaired) electrons. The van der Waals surface area contributed by atoms with Gasteiger partial charge in [-0.1, -0.05) is 0 Å². The Morgan fingerprint density at radius 1 is 1.19 bits per heavy atom. The Morgan fingerprint density at radius 3 is 2.29 bits per heavy atom. The number of hydrogen-bond donors (Lipinski definition) is 2. The van der Waals surface area contributed by atoms with Crippen molar-refractivity contribution in [2.45, 2.75) is 12.4 Å².